The number of rotatable bonds is 4. The van der Waals surface area contributed by atoms with E-state index in [4.69, 9.17) is 19.9 Å². The first-order chi connectivity index (χ1) is 22.8. The van der Waals surface area contributed by atoms with Gasteiger partial charge in [-0.25, -0.2) is 19.9 Å². The average Bonchev–Trinajstić information content (AvgIpc) is 3.14. The molecule has 0 aliphatic heterocycles. The van der Waals surface area contributed by atoms with Crippen LogP contribution in [0, 0.1) is 0 Å². The first-order valence-corrected chi connectivity index (χ1v) is 15.4. The molecule has 214 valence electrons. The molecule has 46 heavy (non-hydrogen) atoms. The van der Waals surface area contributed by atoms with Gasteiger partial charge in [-0.3, -0.25) is 0 Å². The van der Waals surface area contributed by atoms with Crippen LogP contribution in [0.25, 0.3) is 88.6 Å². The summed E-state index contributed by atoms with van der Waals surface area (Å²) < 4.78 is 0. The second kappa shape index (κ2) is 10.7. The minimum atomic E-state index is 0.844. The Morgan fingerprint density at radius 1 is 0.283 bits per heavy atom. The fraction of sp³-hybridized carbons (Fsp3) is 0. The summed E-state index contributed by atoms with van der Waals surface area (Å²) >= 11 is 0. The molecule has 0 bridgehead atoms. The molecular formula is C42H26N4. The van der Waals surface area contributed by atoms with Crippen molar-refractivity contribution in [2.45, 2.75) is 0 Å². The van der Waals surface area contributed by atoms with E-state index in [1.165, 1.54) is 10.8 Å². The fourth-order valence-corrected chi connectivity index (χ4v) is 6.26. The largest absolute Gasteiger partial charge is 0.245 e. The highest BCUT2D eigenvalue weighted by Gasteiger charge is 2.16. The van der Waals surface area contributed by atoms with E-state index in [1.807, 2.05) is 42.5 Å². The Balaban J connectivity index is 1.20. The Bertz CT molecular complexity index is 2590. The summed E-state index contributed by atoms with van der Waals surface area (Å²) in [4.78, 5) is 20.6. The van der Waals surface area contributed by atoms with Crippen LogP contribution in [0.3, 0.4) is 0 Å². The van der Waals surface area contributed by atoms with Gasteiger partial charge >= 0.3 is 0 Å². The molecule has 0 radical (unpaired) electrons. The first-order valence-electron chi connectivity index (χ1n) is 15.4. The quantitative estimate of drug-likeness (QED) is 0.193. The molecule has 3 heterocycles. The smallest absolute Gasteiger partial charge is 0.0973 e. The van der Waals surface area contributed by atoms with Gasteiger partial charge < -0.3 is 0 Å². The van der Waals surface area contributed by atoms with Crippen LogP contribution < -0.4 is 0 Å². The minimum absolute atomic E-state index is 0.844. The van der Waals surface area contributed by atoms with E-state index in [1.54, 1.807) is 0 Å². The van der Waals surface area contributed by atoms with Crippen molar-refractivity contribution in [1.29, 1.82) is 0 Å². The molecule has 0 aliphatic rings. The molecule has 4 heteroatoms. The predicted molar refractivity (Wildman–Crippen MR) is 189 cm³/mol. The molecule has 3 aromatic heterocycles. The number of hydrogen-bond donors (Lipinski definition) is 0. The van der Waals surface area contributed by atoms with E-state index in [0.717, 1.165) is 77.9 Å². The van der Waals surface area contributed by atoms with E-state index < -0.39 is 0 Å². The summed E-state index contributed by atoms with van der Waals surface area (Å²) in [5.41, 5.74) is 11.2. The molecule has 0 fully saturated rings. The van der Waals surface area contributed by atoms with Crippen molar-refractivity contribution in [3.63, 3.8) is 0 Å². The first kappa shape index (κ1) is 26.2. The molecule has 0 amide bonds. The molecule has 0 spiro atoms. The van der Waals surface area contributed by atoms with Crippen LogP contribution >= 0.6 is 0 Å². The van der Waals surface area contributed by atoms with Gasteiger partial charge in [-0.15, -0.1) is 0 Å². The van der Waals surface area contributed by atoms with Crippen molar-refractivity contribution in [3.05, 3.63) is 158 Å². The van der Waals surface area contributed by atoms with Crippen LogP contribution in [0.15, 0.2) is 158 Å². The summed E-state index contributed by atoms with van der Waals surface area (Å²) in [6, 6.07) is 54.4. The molecule has 9 rings (SSSR count). The van der Waals surface area contributed by atoms with Crippen LogP contribution in [0.1, 0.15) is 0 Å². The van der Waals surface area contributed by atoms with Gasteiger partial charge in [0.15, 0.2) is 0 Å². The molecule has 0 saturated heterocycles. The summed E-state index contributed by atoms with van der Waals surface area (Å²) in [6.45, 7) is 0. The van der Waals surface area contributed by atoms with Gasteiger partial charge in [-0.1, -0.05) is 121 Å². The van der Waals surface area contributed by atoms with Crippen molar-refractivity contribution in [1.82, 2.24) is 19.9 Å². The van der Waals surface area contributed by atoms with E-state index in [-0.39, 0.29) is 0 Å². The second-order valence-electron chi connectivity index (χ2n) is 11.5. The van der Waals surface area contributed by atoms with Crippen molar-refractivity contribution in [3.8, 4) is 45.0 Å². The lowest BCUT2D eigenvalue weighted by atomic mass is 9.98. The zero-order valence-corrected chi connectivity index (χ0v) is 24.8. The third-order valence-corrected chi connectivity index (χ3v) is 8.61. The summed E-state index contributed by atoms with van der Waals surface area (Å²) in [6.07, 6.45) is 0. The Morgan fingerprint density at radius 3 is 1.48 bits per heavy atom. The number of aromatic nitrogens is 4. The molecule has 6 aromatic carbocycles. The molecule has 4 nitrogen and oxygen atoms in total. The highest BCUT2D eigenvalue weighted by molar-refractivity contribution is 6.04. The van der Waals surface area contributed by atoms with E-state index >= 15 is 0 Å². The van der Waals surface area contributed by atoms with Crippen LogP contribution in [-0.4, -0.2) is 19.9 Å². The minimum Gasteiger partial charge on any atom is -0.245 e. The Kier molecular flexibility index (Phi) is 6.10. The van der Waals surface area contributed by atoms with Gasteiger partial charge in [0.25, 0.3) is 0 Å². The number of para-hydroxylation sites is 2. The van der Waals surface area contributed by atoms with Crippen LogP contribution in [0.5, 0.6) is 0 Å². The van der Waals surface area contributed by atoms with Crippen molar-refractivity contribution in [2.24, 2.45) is 0 Å². The Hall–Kier alpha value is -6.26. The lowest BCUT2D eigenvalue weighted by Gasteiger charge is -2.13. The van der Waals surface area contributed by atoms with Crippen molar-refractivity contribution >= 4 is 43.6 Å². The Labute approximate surface area is 265 Å². The summed E-state index contributed by atoms with van der Waals surface area (Å²) in [5, 5.41) is 4.50. The van der Waals surface area contributed by atoms with Gasteiger partial charge in [0.1, 0.15) is 0 Å². The molecule has 0 aliphatic carbocycles. The highest BCUT2D eigenvalue weighted by Crippen LogP contribution is 2.35. The number of hydrogen-bond acceptors (Lipinski definition) is 4. The maximum atomic E-state index is 5.21. The molecular weight excluding hydrogens is 560 g/mol. The number of pyridine rings is 2. The van der Waals surface area contributed by atoms with E-state index in [9.17, 15) is 0 Å². The zero-order chi connectivity index (χ0) is 30.5. The molecule has 9 aromatic rings. The molecule has 0 atom stereocenters. The summed E-state index contributed by atoms with van der Waals surface area (Å²) in [5.74, 6) is 0. The van der Waals surface area contributed by atoms with Crippen LogP contribution in [0.2, 0.25) is 0 Å². The maximum Gasteiger partial charge on any atom is 0.0973 e. The third-order valence-electron chi connectivity index (χ3n) is 8.61. The zero-order valence-electron chi connectivity index (χ0n) is 24.8. The average molecular weight is 587 g/mol. The third kappa shape index (κ3) is 4.56. The van der Waals surface area contributed by atoms with Crippen LogP contribution in [0.4, 0.5) is 0 Å². The molecule has 0 saturated carbocycles. The molecule has 0 N–H and O–H groups in total. The van der Waals surface area contributed by atoms with E-state index in [2.05, 4.69) is 115 Å². The number of fused-ring (bicyclic) bond motifs is 5. The van der Waals surface area contributed by atoms with Crippen molar-refractivity contribution in [2.75, 3.05) is 0 Å². The molecule has 0 unspecified atom stereocenters. The van der Waals surface area contributed by atoms with Gasteiger partial charge in [0.2, 0.25) is 0 Å². The number of benzene rings is 6. The Morgan fingerprint density at radius 2 is 0.783 bits per heavy atom. The maximum absolute atomic E-state index is 5.21. The van der Waals surface area contributed by atoms with Crippen molar-refractivity contribution < 1.29 is 0 Å². The fourth-order valence-electron chi connectivity index (χ4n) is 6.26. The van der Waals surface area contributed by atoms with Gasteiger partial charge in [0, 0.05) is 33.0 Å². The SMILES string of the molecule is c1ccc(-c2ccc3ccc4ccc(-c5cccc(-c6nc7ccccc7nc6-c6ccc7ccccc7c6)c5)nc4c3n2)cc1. The summed E-state index contributed by atoms with van der Waals surface area (Å²) in [7, 11) is 0. The van der Waals surface area contributed by atoms with Crippen LogP contribution in [-0.2, 0) is 0 Å². The predicted octanol–water partition coefficient (Wildman–Crippen LogP) is 10.5. The second-order valence-corrected chi connectivity index (χ2v) is 11.5. The monoisotopic (exact) mass is 586 g/mol. The lowest BCUT2D eigenvalue weighted by Crippen LogP contribution is -1.96. The van der Waals surface area contributed by atoms with Gasteiger partial charge in [0.05, 0.1) is 44.8 Å². The van der Waals surface area contributed by atoms with E-state index in [0.29, 0.717) is 0 Å². The van der Waals surface area contributed by atoms with Gasteiger partial charge in [-0.05, 0) is 47.2 Å². The topological polar surface area (TPSA) is 51.6 Å². The van der Waals surface area contributed by atoms with Gasteiger partial charge in [-0.2, -0.15) is 0 Å². The number of nitrogens with zero attached hydrogens (tertiary/aromatic N) is 4. The normalized spacial score (nSPS) is 11.5. The highest BCUT2D eigenvalue weighted by atomic mass is 14.8. The standard InChI is InChI=1S/C42H26N4/c1-2-10-28(11-3-1)35-23-21-29-18-19-30-22-24-36(44-40(30)39(29)43-35)32-13-8-14-33(26-32)41-42(46-38-16-7-6-15-37(38)45-41)34-20-17-27-9-4-5-12-31(27)25-34/h1-26H. The lowest BCUT2D eigenvalue weighted by molar-refractivity contribution is 1.29.